The average Bonchev–Trinajstić information content (AvgIpc) is 2.95. The van der Waals surface area contributed by atoms with Crippen molar-refractivity contribution in [2.45, 2.75) is 219 Å². The van der Waals surface area contributed by atoms with Crippen LogP contribution in [0, 0.1) is 0 Å². The number of hydrogen-bond donors (Lipinski definition) is 3. The van der Waals surface area contributed by atoms with Crippen LogP contribution in [-0.2, 0) is 4.79 Å². The Morgan fingerprint density at radius 1 is 0.500 bits per heavy atom. The summed E-state index contributed by atoms with van der Waals surface area (Å²) in [6.45, 7) is 4.21. The number of carbonyl (C=O) groups is 1. The van der Waals surface area contributed by atoms with Gasteiger partial charge in [-0.25, -0.2) is 0 Å². The fraction of sp³-hybridized carbons (Fsp3) is 0.972. The molecule has 0 saturated carbocycles. The molecule has 40 heavy (non-hydrogen) atoms. The van der Waals surface area contributed by atoms with Crippen LogP contribution in [0.3, 0.4) is 0 Å². The molecule has 0 aromatic heterocycles. The van der Waals surface area contributed by atoms with Crippen molar-refractivity contribution in [2.75, 3.05) is 6.61 Å². The van der Waals surface area contributed by atoms with Crippen molar-refractivity contribution >= 4 is 5.91 Å². The average molecular weight is 568 g/mol. The molecule has 4 nitrogen and oxygen atoms in total. The lowest BCUT2D eigenvalue weighted by Crippen LogP contribution is -2.45. The highest BCUT2D eigenvalue weighted by atomic mass is 16.3. The minimum atomic E-state index is -0.648. The van der Waals surface area contributed by atoms with Crippen molar-refractivity contribution in [1.82, 2.24) is 5.32 Å². The Kier molecular flexibility index (Phi) is 32.4. The highest BCUT2D eigenvalue weighted by Crippen LogP contribution is 2.16. The number of carbonyl (C=O) groups excluding carboxylic acids is 1. The Hall–Kier alpha value is -0.610. The van der Waals surface area contributed by atoms with Gasteiger partial charge in [0, 0.05) is 6.42 Å². The van der Waals surface area contributed by atoms with E-state index in [1.54, 1.807) is 0 Å². The smallest absolute Gasteiger partial charge is 0.220 e. The lowest BCUT2D eigenvalue weighted by Gasteiger charge is -2.22. The van der Waals surface area contributed by atoms with Crippen molar-refractivity contribution < 1.29 is 15.0 Å². The molecule has 0 aliphatic carbocycles. The Morgan fingerprint density at radius 3 is 1.12 bits per heavy atom. The Balaban J connectivity index is 3.30. The Labute approximate surface area is 251 Å². The number of hydrogen-bond acceptors (Lipinski definition) is 3. The summed E-state index contributed by atoms with van der Waals surface area (Å²) in [4.78, 5) is 11.9. The van der Waals surface area contributed by atoms with Gasteiger partial charge in [-0.15, -0.1) is 0 Å². The molecule has 0 spiro atoms. The van der Waals surface area contributed by atoms with Crippen LogP contribution < -0.4 is 5.32 Å². The minimum Gasteiger partial charge on any atom is -0.394 e. The molecule has 0 fully saturated rings. The topological polar surface area (TPSA) is 69.6 Å². The van der Waals surface area contributed by atoms with Gasteiger partial charge in [-0.05, 0) is 12.8 Å². The van der Waals surface area contributed by atoms with Gasteiger partial charge in [0.15, 0.2) is 0 Å². The van der Waals surface area contributed by atoms with Crippen LogP contribution >= 0.6 is 0 Å². The number of rotatable bonds is 33. The third-order valence-corrected chi connectivity index (χ3v) is 8.62. The summed E-state index contributed by atoms with van der Waals surface area (Å²) in [7, 11) is 0. The molecule has 0 radical (unpaired) electrons. The molecule has 240 valence electrons. The van der Waals surface area contributed by atoms with E-state index in [2.05, 4.69) is 19.2 Å². The second-order valence-electron chi connectivity index (χ2n) is 12.7. The van der Waals surface area contributed by atoms with Crippen molar-refractivity contribution in [2.24, 2.45) is 0 Å². The summed E-state index contributed by atoms with van der Waals surface area (Å²) in [6.07, 6.45) is 38.1. The first-order valence-electron chi connectivity index (χ1n) is 18.2. The standard InChI is InChI=1S/C36H73NO3/c1-3-5-7-8-9-10-11-12-13-14-15-16-17-18-19-20-21-22-23-24-25-26-27-28-30-31-35(39)34(33-38)37-36(40)32-29-6-4-2/h34-35,38-39H,3-33H2,1-2H3,(H,37,40). The quantitative estimate of drug-likeness (QED) is 0.0691. The Bertz CT molecular complexity index is 498. The molecule has 4 heteroatoms. The first kappa shape index (κ1) is 39.4. The first-order valence-corrected chi connectivity index (χ1v) is 18.2. The predicted octanol–water partition coefficient (Wildman–Crippen LogP) is 10.6. The fourth-order valence-corrected chi connectivity index (χ4v) is 5.77. The zero-order valence-corrected chi connectivity index (χ0v) is 27.4. The summed E-state index contributed by atoms with van der Waals surface area (Å²) < 4.78 is 0. The maximum absolute atomic E-state index is 11.9. The third-order valence-electron chi connectivity index (χ3n) is 8.62. The third kappa shape index (κ3) is 28.9. The summed E-state index contributed by atoms with van der Waals surface area (Å²) in [5.41, 5.74) is 0. The Morgan fingerprint density at radius 2 is 0.800 bits per heavy atom. The van der Waals surface area contributed by atoms with Crippen LogP contribution in [0.15, 0.2) is 0 Å². The van der Waals surface area contributed by atoms with Gasteiger partial charge in [-0.3, -0.25) is 4.79 Å². The largest absolute Gasteiger partial charge is 0.394 e. The number of amides is 1. The van der Waals surface area contributed by atoms with Crippen LogP contribution in [0.25, 0.3) is 0 Å². The fourth-order valence-electron chi connectivity index (χ4n) is 5.77. The normalized spacial score (nSPS) is 13.0. The van der Waals surface area contributed by atoms with E-state index >= 15 is 0 Å². The molecule has 0 heterocycles. The molecule has 3 N–H and O–H groups in total. The summed E-state index contributed by atoms with van der Waals surface area (Å²) in [5, 5.41) is 22.7. The number of aliphatic hydroxyl groups is 2. The van der Waals surface area contributed by atoms with E-state index in [0.29, 0.717) is 12.8 Å². The molecule has 2 atom stereocenters. The molecule has 0 aliphatic heterocycles. The van der Waals surface area contributed by atoms with E-state index in [1.165, 1.54) is 148 Å². The molecule has 0 saturated heterocycles. The van der Waals surface area contributed by atoms with Crippen LogP contribution in [0.1, 0.15) is 206 Å². The van der Waals surface area contributed by atoms with E-state index in [4.69, 9.17) is 0 Å². The van der Waals surface area contributed by atoms with Crippen LogP contribution in [-0.4, -0.2) is 34.9 Å². The second kappa shape index (κ2) is 32.9. The van der Waals surface area contributed by atoms with Gasteiger partial charge in [-0.1, -0.05) is 187 Å². The molecular weight excluding hydrogens is 494 g/mol. The summed E-state index contributed by atoms with van der Waals surface area (Å²) >= 11 is 0. The van der Waals surface area contributed by atoms with E-state index in [-0.39, 0.29) is 12.5 Å². The monoisotopic (exact) mass is 568 g/mol. The van der Waals surface area contributed by atoms with Gasteiger partial charge in [0.05, 0.1) is 18.8 Å². The van der Waals surface area contributed by atoms with Crippen LogP contribution in [0.2, 0.25) is 0 Å². The molecular formula is C36H73NO3. The van der Waals surface area contributed by atoms with Gasteiger partial charge in [0.1, 0.15) is 0 Å². The zero-order valence-electron chi connectivity index (χ0n) is 27.4. The number of nitrogens with one attached hydrogen (secondary N) is 1. The van der Waals surface area contributed by atoms with Gasteiger partial charge >= 0.3 is 0 Å². The SMILES string of the molecule is CCCCCCCCCCCCCCCCCCCCCCCCCCCC(O)C(CO)NC(=O)CCCCC. The first-order chi connectivity index (χ1) is 19.7. The maximum atomic E-state index is 11.9. The minimum absolute atomic E-state index is 0.0543. The lowest BCUT2D eigenvalue weighted by molar-refractivity contribution is -0.123. The van der Waals surface area contributed by atoms with E-state index < -0.39 is 12.1 Å². The van der Waals surface area contributed by atoms with E-state index in [0.717, 1.165) is 32.1 Å². The van der Waals surface area contributed by atoms with E-state index in [1.807, 2.05) is 0 Å². The molecule has 0 aromatic carbocycles. The molecule has 0 bridgehead atoms. The van der Waals surface area contributed by atoms with Crippen molar-refractivity contribution in [3.63, 3.8) is 0 Å². The number of aliphatic hydroxyl groups excluding tert-OH is 2. The molecule has 1 amide bonds. The molecule has 0 aromatic rings. The second-order valence-corrected chi connectivity index (χ2v) is 12.7. The molecule has 0 rings (SSSR count). The lowest BCUT2D eigenvalue weighted by atomic mass is 10.0. The van der Waals surface area contributed by atoms with Gasteiger partial charge in [0.2, 0.25) is 5.91 Å². The summed E-state index contributed by atoms with van der Waals surface area (Å²) in [5.74, 6) is -0.0543. The van der Waals surface area contributed by atoms with Gasteiger partial charge in [0.25, 0.3) is 0 Å². The highest BCUT2D eigenvalue weighted by Gasteiger charge is 2.19. The van der Waals surface area contributed by atoms with Crippen molar-refractivity contribution in [3.05, 3.63) is 0 Å². The number of unbranched alkanes of at least 4 members (excludes halogenated alkanes) is 26. The van der Waals surface area contributed by atoms with Crippen molar-refractivity contribution in [1.29, 1.82) is 0 Å². The maximum Gasteiger partial charge on any atom is 0.220 e. The van der Waals surface area contributed by atoms with Crippen molar-refractivity contribution in [3.8, 4) is 0 Å². The van der Waals surface area contributed by atoms with Crippen LogP contribution in [0.4, 0.5) is 0 Å². The molecule has 0 aliphatic rings. The van der Waals surface area contributed by atoms with E-state index in [9.17, 15) is 15.0 Å². The highest BCUT2D eigenvalue weighted by molar-refractivity contribution is 5.76. The zero-order chi connectivity index (χ0) is 29.4. The van der Waals surface area contributed by atoms with Gasteiger partial charge in [-0.2, -0.15) is 0 Å². The molecule has 2 unspecified atom stereocenters. The predicted molar refractivity (Wildman–Crippen MR) is 175 cm³/mol. The summed E-state index contributed by atoms with van der Waals surface area (Å²) in [6, 6.07) is -0.525. The van der Waals surface area contributed by atoms with Crippen LogP contribution in [0.5, 0.6) is 0 Å². The van der Waals surface area contributed by atoms with Gasteiger partial charge < -0.3 is 15.5 Å².